The first-order valence-electron chi connectivity index (χ1n) is 4.41. The van der Waals surface area contributed by atoms with Crippen LogP contribution >= 0.6 is 22.9 Å². The van der Waals surface area contributed by atoms with Gasteiger partial charge in [-0.05, 0) is 23.6 Å². The maximum absolute atomic E-state index is 5.84. The van der Waals surface area contributed by atoms with Gasteiger partial charge in [-0.15, -0.1) is 11.3 Å². The van der Waals surface area contributed by atoms with Gasteiger partial charge in [-0.2, -0.15) is 0 Å². The summed E-state index contributed by atoms with van der Waals surface area (Å²) in [6.07, 6.45) is 0. The first-order chi connectivity index (χ1) is 6.66. The van der Waals surface area contributed by atoms with Crippen LogP contribution in [0.1, 0.15) is 13.8 Å². The van der Waals surface area contributed by atoms with Crippen molar-refractivity contribution in [1.82, 2.24) is 0 Å². The zero-order chi connectivity index (χ0) is 10.7. The van der Waals surface area contributed by atoms with Crippen LogP contribution in [0.25, 0.3) is 10.1 Å². The molecule has 14 heavy (non-hydrogen) atoms. The lowest BCUT2D eigenvalue weighted by Crippen LogP contribution is -1.84. The molecule has 0 fully saturated rings. The molecule has 0 aliphatic rings. The monoisotopic (exact) mass is 228 g/mol. The summed E-state index contributed by atoms with van der Waals surface area (Å²) >= 11 is 7.35. The Balaban J connectivity index is 0.000000461. The van der Waals surface area contributed by atoms with Gasteiger partial charge in [0.05, 0.1) is 15.7 Å². The number of halogens is 1. The fourth-order valence-corrected chi connectivity index (χ4v) is 2.18. The predicted molar refractivity (Wildman–Crippen MR) is 67.0 cm³/mol. The van der Waals surface area contributed by atoms with E-state index in [-0.39, 0.29) is 0 Å². The molecule has 0 bridgehead atoms. The number of anilines is 2. The van der Waals surface area contributed by atoms with Gasteiger partial charge in [-0.25, -0.2) is 0 Å². The van der Waals surface area contributed by atoms with E-state index < -0.39 is 0 Å². The predicted octanol–water partition coefficient (Wildman–Crippen LogP) is 3.75. The van der Waals surface area contributed by atoms with E-state index in [1.807, 2.05) is 32.0 Å². The fraction of sp³-hybridized carbons (Fsp3) is 0.200. The van der Waals surface area contributed by atoms with Crippen LogP contribution in [0.5, 0.6) is 0 Å². The van der Waals surface area contributed by atoms with Crippen LogP contribution in [-0.4, -0.2) is 0 Å². The minimum absolute atomic E-state index is 0.587. The fourth-order valence-electron chi connectivity index (χ4n) is 1.10. The quantitative estimate of drug-likeness (QED) is 0.675. The minimum atomic E-state index is 0.587. The number of nitrogen functional groups attached to an aromatic ring is 2. The molecule has 0 unspecified atom stereocenters. The third kappa shape index (κ3) is 2.11. The molecule has 1 heterocycles. The molecular formula is C10H13ClN2S. The molecule has 0 aliphatic heterocycles. The van der Waals surface area contributed by atoms with Gasteiger partial charge in [-0.1, -0.05) is 25.4 Å². The maximum atomic E-state index is 5.84. The third-order valence-corrected chi connectivity index (χ3v) is 2.91. The molecule has 76 valence electrons. The second-order valence-corrected chi connectivity index (χ2v) is 4.08. The van der Waals surface area contributed by atoms with Crippen LogP contribution in [0, 0.1) is 0 Å². The highest BCUT2D eigenvalue weighted by atomic mass is 35.5. The first kappa shape index (κ1) is 11.1. The molecule has 2 rings (SSSR count). The number of hydrogen-bond donors (Lipinski definition) is 2. The van der Waals surface area contributed by atoms with E-state index in [1.165, 1.54) is 11.3 Å². The molecule has 0 aliphatic carbocycles. The van der Waals surface area contributed by atoms with Gasteiger partial charge >= 0.3 is 0 Å². The number of fused-ring (bicyclic) bond motifs is 1. The SMILES string of the molecule is CC.Nc1cc2cc(N)c(Cl)cc2s1. The molecular weight excluding hydrogens is 216 g/mol. The van der Waals surface area contributed by atoms with Crippen molar-refractivity contribution in [2.45, 2.75) is 13.8 Å². The molecule has 2 nitrogen and oxygen atoms in total. The van der Waals surface area contributed by atoms with Crippen molar-refractivity contribution in [3.8, 4) is 0 Å². The lowest BCUT2D eigenvalue weighted by Gasteiger charge is -1.95. The minimum Gasteiger partial charge on any atom is -0.398 e. The molecule has 0 spiro atoms. The van der Waals surface area contributed by atoms with Gasteiger partial charge in [0.25, 0.3) is 0 Å². The summed E-state index contributed by atoms with van der Waals surface area (Å²) in [6, 6.07) is 5.57. The Labute approximate surface area is 92.5 Å². The summed E-state index contributed by atoms with van der Waals surface area (Å²) in [5.41, 5.74) is 11.9. The topological polar surface area (TPSA) is 52.0 Å². The molecule has 0 saturated heterocycles. The number of thiophene rings is 1. The summed E-state index contributed by atoms with van der Waals surface area (Å²) < 4.78 is 1.08. The zero-order valence-electron chi connectivity index (χ0n) is 8.17. The molecule has 2 aromatic rings. The largest absolute Gasteiger partial charge is 0.398 e. The molecule has 0 radical (unpaired) electrons. The molecule has 0 amide bonds. The smallest absolute Gasteiger partial charge is 0.0868 e. The number of rotatable bonds is 0. The Hall–Kier alpha value is -0.930. The van der Waals surface area contributed by atoms with E-state index in [0.717, 1.165) is 15.1 Å². The van der Waals surface area contributed by atoms with E-state index in [4.69, 9.17) is 23.1 Å². The van der Waals surface area contributed by atoms with Crippen LogP contribution in [0.2, 0.25) is 5.02 Å². The molecule has 0 saturated carbocycles. The van der Waals surface area contributed by atoms with Gasteiger partial charge in [-0.3, -0.25) is 0 Å². The van der Waals surface area contributed by atoms with Crippen LogP contribution in [0.3, 0.4) is 0 Å². The highest BCUT2D eigenvalue weighted by Crippen LogP contribution is 2.32. The van der Waals surface area contributed by atoms with Crippen molar-refractivity contribution >= 4 is 43.7 Å². The molecule has 1 aromatic heterocycles. The van der Waals surface area contributed by atoms with E-state index in [2.05, 4.69) is 0 Å². The lowest BCUT2D eigenvalue weighted by atomic mass is 10.2. The first-order valence-corrected chi connectivity index (χ1v) is 5.60. The molecule has 0 atom stereocenters. The van der Waals surface area contributed by atoms with Crippen molar-refractivity contribution < 1.29 is 0 Å². The van der Waals surface area contributed by atoms with Gasteiger partial charge in [0.15, 0.2) is 0 Å². The van der Waals surface area contributed by atoms with Crippen LogP contribution in [0.4, 0.5) is 10.7 Å². The molecule has 4 N–H and O–H groups in total. The summed E-state index contributed by atoms with van der Waals surface area (Å²) in [7, 11) is 0. The standard InChI is InChI=1S/C8H7ClN2S.C2H6/c9-5-3-7-4(1-6(5)10)2-8(11)12-7;1-2/h1-3H,10-11H2;1-2H3. The van der Waals surface area contributed by atoms with Crippen LogP contribution in [0.15, 0.2) is 18.2 Å². The second kappa shape index (κ2) is 4.53. The number of benzene rings is 1. The average molecular weight is 229 g/mol. The van der Waals surface area contributed by atoms with Crippen molar-refractivity contribution in [3.05, 3.63) is 23.2 Å². The van der Waals surface area contributed by atoms with E-state index in [9.17, 15) is 0 Å². The maximum Gasteiger partial charge on any atom is 0.0868 e. The Kier molecular flexibility index (Phi) is 3.61. The highest BCUT2D eigenvalue weighted by molar-refractivity contribution is 7.22. The van der Waals surface area contributed by atoms with Crippen LogP contribution in [-0.2, 0) is 0 Å². The Morgan fingerprint density at radius 3 is 2.43 bits per heavy atom. The highest BCUT2D eigenvalue weighted by Gasteiger charge is 2.02. The van der Waals surface area contributed by atoms with Gasteiger partial charge < -0.3 is 11.5 Å². The summed E-state index contributed by atoms with van der Waals surface area (Å²) in [5.74, 6) is 0. The summed E-state index contributed by atoms with van der Waals surface area (Å²) in [6.45, 7) is 4.00. The number of nitrogens with two attached hydrogens (primary N) is 2. The summed E-state index contributed by atoms with van der Waals surface area (Å²) in [5, 5.41) is 2.43. The Bertz CT molecular complexity index is 398. The molecule has 4 heteroatoms. The van der Waals surface area contributed by atoms with Crippen molar-refractivity contribution in [2.24, 2.45) is 0 Å². The third-order valence-electron chi connectivity index (χ3n) is 1.65. The molecule has 1 aromatic carbocycles. The van der Waals surface area contributed by atoms with Crippen molar-refractivity contribution in [2.75, 3.05) is 11.5 Å². The average Bonchev–Trinajstić information content (AvgIpc) is 2.49. The van der Waals surface area contributed by atoms with E-state index >= 15 is 0 Å². The summed E-state index contributed by atoms with van der Waals surface area (Å²) in [4.78, 5) is 0. The van der Waals surface area contributed by atoms with Gasteiger partial charge in [0, 0.05) is 4.70 Å². The zero-order valence-corrected chi connectivity index (χ0v) is 9.75. The normalized spacial score (nSPS) is 9.64. The van der Waals surface area contributed by atoms with Crippen molar-refractivity contribution in [3.63, 3.8) is 0 Å². The van der Waals surface area contributed by atoms with Gasteiger partial charge in [0.2, 0.25) is 0 Å². The van der Waals surface area contributed by atoms with Crippen molar-refractivity contribution in [1.29, 1.82) is 0 Å². The van der Waals surface area contributed by atoms with Gasteiger partial charge in [0.1, 0.15) is 0 Å². The Morgan fingerprint density at radius 2 is 1.79 bits per heavy atom. The Morgan fingerprint density at radius 1 is 1.14 bits per heavy atom. The lowest BCUT2D eigenvalue weighted by molar-refractivity contribution is 1.50. The van der Waals surface area contributed by atoms with E-state index in [1.54, 1.807) is 0 Å². The number of hydrogen-bond acceptors (Lipinski definition) is 3. The second-order valence-electron chi connectivity index (χ2n) is 2.56. The van der Waals surface area contributed by atoms with Crippen LogP contribution < -0.4 is 11.5 Å². The van der Waals surface area contributed by atoms with E-state index in [0.29, 0.717) is 10.7 Å².